The highest BCUT2D eigenvalue weighted by atomic mass is 16.6. The number of hydrogen-bond acceptors (Lipinski definition) is 5. The Balaban J connectivity index is 1.54. The first-order chi connectivity index (χ1) is 10.8. The molecule has 2 bridgehead atoms. The molecule has 22 heavy (non-hydrogen) atoms. The summed E-state index contributed by atoms with van der Waals surface area (Å²) in [6, 6.07) is 5.58. The summed E-state index contributed by atoms with van der Waals surface area (Å²) < 4.78 is 10.4. The monoisotopic (exact) mass is 300 g/mol. The van der Waals surface area contributed by atoms with Crippen LogP contribution in [-0.2, 0) is 4.84 Å². The molecule has 2 atom stereocenters. The standard InChI is InChI=1S/C17H20N2O3/c1-20-16-6-5-13(10-17(16)21-2)4-3-9-22-18-15-12-19-8-7-14(15)11-19/h5-6,10,14H,7-9,11-12H2,1-2H3/b18-15+. The average Bonchev–Trinajstić information content (AvgIpc) is 3.17. The van der Waals surface area contributed by atoms with Gasteiger partial charge in [0.25, 0.3) is 0 Å². The molecule has 0 radical (unpaired) electrons. The molecule has 0 spiro atoms. The molecule has 116 valence electrons. The molecule has 2 fully saturated rings. The zero-order valence-electron chi connectivity index (χ0n) is 13.0. The van der Waals surface area contributed by atoms with Gasteiger partial charge in [0.15, 0.2) is 18.1 Å². The van der Waals surface area contributed by atoms with Gasteiger partial charge in [-0.3, -0.25) is 4.90 Å². The summed E-state index contributed by atoms with van der Waals surface area (Å²) in [5.41, 5.74) is 2.03. The number of nitrogens with zero attached hydrogens (tertiary/aromatic N) is 2. The number of methoxy groups -OCH3 is 2. The van der Waals surface area contributed by atoms with E-state index < -0.39 is 0 Å². The van der Waals surface area contributed by atoms with Crippen LogP contribution in [0.25, 0.3) is 0 Å². The Hall–Kier alpha value is -2.19. The number of hydrogen-bond donors (Lipinski definition) is 0. The maximum absolute atomic E-state index is 5.33. The molecule has 2 unspecified atom stereocenters. The van der Waals surface area contributed by atoms with Gasteiger partial charge in [0.2, 0.25) is 0 Å². The van der Waals surface area contributed by atoms with Crippen LogP contribution >= 0.6 is 0 Å². The summed E-state index contributed by atoms with van der Waals surface area (Å²) in [5, 5.41) is 4.23. The van der Waals surface area contributed by atoms with Crippen LogP contribution in [0.1, 0.15) is 12.0 Å². The van der Waals surface area contributed by atoms with E-state index in [1.807, 2.05) is 18.2 Å². The molecule has 1 aromatic carbocycles. The van der Waals surface area contributed by atoms with E-state index in [4.69, 9.17) is 14.3 Å². The van der Waals surface area contributed by atoms with Crippen LogP contribution < -0.4 is 9.47 Å². The molecule has 3 rings (SSSR count). The van der Waals surface area contributed by atoms with Gasteiger partial charge in [-0.1, -0.05) is 17.0 Å². The van der Waals surface area contributed by atoms with E-state index in [-0.39, 0.29) is 0 Å². The van der Waals surface area contributed by atoms with Crippen molar-refractivity contribution in [3.05, 3.63) is 23.8 Å². The summed E-state index contributed by atoms with van der Waals surface area (Å²) in [5.74, 6) is 7.97. The number of fused-ring (bicyclic) bond motifs is 2. The van der Waals surface area contributed by atoms with Crippen LogP contribution in [0.4, 0.5) is 0 Å². The summed E-state index contributed by atoms with van der Waals surface area (Å²) in [4.78, 5) is 7.73. The Morgan fingerprint density at radius 2 is 2.14 bits per heavy atom. The van der Waals surface area contributed by atoms with Crippen LogP contribution in [0.3, 0.4) is 0 Å². The molecule has 0 amide bonds. The van der Waals surface area contributed by atoms with Crippen LogP contribution in [-0.4, -0.2) is 51.1 Å². The molecule has 5 heteroatoms. The van der Waals surface area contributed by atoms with Gasteiger partial charge in [0, 0.05) is 24.6 Å². The van der Waals surface area contributed by atoms with Crippen molar-refractivity contribution in [2.24, 2.45) is 11.1 Å². The normalized spacial score (nSPS) is 24.0. The van der Waals surface area contributed by atoms with Gasteiger partial charge in [-0.25, -0.2) is 0 Å². The van der Waals surface area contributed by atoms with Crippen molar-refractivity contribution in [1.29, 1.82) is 0 Å². The van der Waals surface area contributed by atoms with Gasteiger partial charge in [-0.2, -0.15) is 0 Å². The number of rotatable bonds is 4. The minimum Gasteiger partial charge on any atom is -0.493 e. The van der Waals surface area contributed by atoms with E-state index in [1.54, 1.807) is 14.2 Å². The van der Waals surface area contributed by atoms with Crippen molar-refractivity contribution in [3.63, 3.8) is 0 Å². The van der Waals surface area contributed by atoms with Crippen LogP contribution in [0.5, 0.6) is 11.5 Å². The van der Waals surface area contributed by atoms with Crippen LogP contribution in [0.15, 0.2) is 23.4 Å². The predicted octanol–water partition coefficient (Wildman–Crippen LogP) is 1.76. The van der Waals surface area contributed by atoms with Crippen molar-refractivity contribution in [3.8, 4) is 23.3 Å². The Kier molecular flexibility index (Phi) is 4.50. The maximum Gasteiger partial charge on any atom is 0.177 e. The second kappa shape index (κ2) is 6.71. The zero-order chi connectivity index (χ0) is 15.4. The van der Waals surface area contributed by atoms with E-state index in [2.05, 4.69) is 21.9 Å². The quantitative estimate of drug-likeness (QED) is 0.483. The fourth-order valence-electron chi connectivity index (χ4n) is 2.91. The smallest absolute Gasteiger partial charge is 0.177 e. The van der Waals surface area contributed by atoms with E-state index >= 15 is 0 Å². The lowest BCUT2D eigenvalue weighted by Gasteiger charge is -2.12. The topological polar surface area (TPSA) is 43.3 Å². The third-order valence-electron chi connectivity index (χ3n) is 4.06. The molecule has 0 aliphatic carbocycles. The second-order valence-electron chi connectivity index (χ2n) is 5.45. The summed E-state index contributed by atoms with van der Waals surface area (Å²) >= 11 is 0. The third-order valence-corrected chi connectivity index (χ3v) is 4.06. The Morgan fingerprint density at radius 1 is 1.27 bits per heavy atom. The largest absolute Gasteiger partial charge is 0.493 e. The Bertz CT molecular complexity index is 631. The average molecular weight is 300 g/mol. The minimum absolute atomic E-state index is 0.296. The van der Waals surface area contributed by atoms with Gasteiger partial charge in [-0.05, 0) is 31.2 Å². The molecule has 2 aliphatic heterocycles. The highest BCUT2D eigenvalue weighted by molar-refractivity contribution is 5.91. The molecule has 0 N–H and O–H groups in total. The summed E-state index contributed by atoms with van der Waals surface area (Å²) in [7, 11) is 3.22. The SMILES string of the molecule is COc1ccc(C#CCO/N=C2\CN3CCC2C3)cc1OC. The van der Waals surface area contributed by atoms with Crippen LogP contribution in [0, 0.1) is 17.8 Å². The number of piperidine rings is 1. The van der Waals surface area contributed by atoms with Gasteiger partial charge < -0.3 is 14.3 Å². The molecule has 5 nitrogen and oxygen atoms in total. The van der Waals surface area contributed by atoms with E-state index in [9.17, 15) is 0 Å². The van der Waals surface area contributed by atoms with Crippen molar-refractivity contribution < 1.29 is 14.3 Å². The minimum atomic E-state index is 0.296. The highest BCUT2D eigenvalue weighted by Gasteiger charge is 2.35. The van der Waals surface area contributed by atoms with Crippen molar-refractivity contribution >= 4 is 5.71 Å². The zero-order valence-corrected chi connectivity index (χ0v) is 13.0. The lowest BCUT2D eigenvalue weighted by Crippen LogP contribution is -2.23. The fraction of sp³-hybridized carbons (Fsp3) is 0.471. The molecule has 1 aromatic rings. The molecular weight excluding hydrogens is 280 g/mol. The third kappa shape index (κ3) is 3.18. The van der Waals surface area contributed by atoms with Crippen molar-refractivity contribution in [2.75, 3.05) is 40.5 Å². The van der Waals surface area contributed by atoms with Gasteiger partial charge in [0.05, 0.1) is 19.9 Å². The molecular formula is C17H20N2O3. The van der Waals surface area contributed by atoms with E-state index in [1.165, 1.54) is 18.7 Å². The van der Waals surface area contributed by atoms with E-state index in [0.717, 1.165) is 18.7 Å². The highest BCUT2D eigenvalue weighted by Crippen LogP contribution is 2.27. The van der Waals surface area contributed by atoms with Crippen molar-refractivity contribution in [2.45, 2.75) is 6.42 Å². The lowest BCUT2D eigenvalue weighted by atomic mass is 10.0. The second-order valence-corrected chi connectivity index (χ2v) is 5.45. The number of ether oxygens (including phenoxy) is 2. The predicted molar refractivity (Wildman–Crippen MR) is 84.4 cm³/mol. The van der Waals surface area contributed by atoms with Crippen LogP contribution in [0.2, 0.25) is 0 Å². The molecule has 0 aromatic heterocycles. The Morgan fingerprint density at radius 3 is 2.82 bits per heavy atom. The summed E-state index contributed by atoms with van der Waals surface area (Å²) in [6.07, 6.45) is 1.21. The molecule has 2 aliphatic rings. The lowest BCUT2D eigenvalue weighted by molar-refractivity contribution is 0.177. The first kappa shape index (κ1) is 14.7. The van der Waals surface area contributed by atoms with E-state index in [0.29, 0.717) is 24.0 Å². The van der Waals surface area contributed by atoms with Crippen molar-refractivity contribution in [1.82, 2.24) is 4.90 Å². The molecule has 0 saturated carbocycles. The Labute approximate surface area is 130 Å². The number of benzene rings is 1. The van der Waals surface area contributed by atoms with Gasteiger partial charge in [0.1, 0.15) is 0 Å². The van der Waals surface area contributed by atoms with Gasteiger partial charge in [-0.15, -0.1) is 0 Å². The first-order valence-electron chi connectivity index (χ1n) is 7.42. The molecule has 2 heterocycles. The molecule has 2 saturated heterocycles. The van der Waals surface area contributed by atoms with Gasteiger partial charge >= 0.3 is 0 Å². The maximum atomic E-state index is 5.33. The first-order valence-corrected chi connectivity index (χ1v) is 7.42. The fourth-order valence-corrected chi connectivity index (χ4v) is 2.91. The number of oxime groups is 1. The summed E-state index contributed by atoms with van der Waals surface area (Å²) in [6.45, 7) is 3.58.